The summed E-state index contributed by atoms with van der Waals surface area (Å²) < 4.78 is 23.0. The third kappa shape index (κ3) is 4.65. The van der Waals surface area contributed by atoms with E-state index in [9.17, 15) is 13.2 Å². The van der Waals surface area contributed by atoms with Crippen LogP contribution in [0.25, 0.3) is 0 Å². The number of amides is 1. The predicted octanol–water partition coefficient (Wildman–Crippen LogP) is 1.15. The molecule has 1 N–H and O–H groups in total. The summed E-state index contributed by atoms with van der Waals surface area (Å²) in [5.74, 6) is 0.150. The fourth-order valence-electron chi connectivity index (χ4n) is 3.44. The lowest BCUT2D eigenvalue weighted by molar-refractivity contribution is -0.126. The molecule has 2 aliphatic rings. The summed E-state index contributed by atoms with van der Waals surface area (Å²) >= 11 is 6.05. The topological polar surface area (TPSA) is 69.7 Å². The van der Waals surface area contributed by atoms with Gasteiger partial charge in [0.05, 0.1) is 17.5 Å². The first-order chi connectivity index (χ1) is 11.8. The van der Waals surface area contributed by atoms with Gasteiger partial charge in [-0.2, -0.15) is 0 Å². The second-order valence-electron chi connectivity index (χ2n) is 6.79. The highest BCUT2D eigenvalue weighted by atomic mass is 35.5. The third-order valence-electron chi connectivity index (χ3n) is 4.99. The van der Waals surface area contributed by atoms with Crippen molar-refractivity contribution < 1.29 is 13.2 Å². The molecule has 2 heterocycles. The highest BCUT2D eigenvalue weighted by Gasteiger charge is 2.32. The van der Waals surface area contributed by atoms with Crippen LogP contribution in [0.4, 0.5) is 5.69 Å². The number of benzene rings is 1. The number of rotatable bonds is 4. The quantitative estimate of drug-likeness (QED) is 0.842. The van der Waals surface area contributed by atoms with Gasteiger partial charge in [-0.25, -0.2) is 8.42 Å². The van der Waals surface area contributed by atoms with Crippen molar-refractivity contribution in [2.75, 3.05) is 42.6 Å². The van der Waals surface area contributed by atoms with Crippen LogP contribution in [0.5, 0.6) is 0 Å². The Labute approximate surface area is 154 Å². The monoisotopic (exact) mass is 385 g/mol. The number of piperazine rings is 1. The van der Waals surface area contributed by atoms with Crippen LogP contribution >= 0.6 is 11.6 Å². The van der Waals surface area contributed by atoms with E-state index >= 15 is 0 Å². The van der Waals surface area contributed by atoms with Gasteiger partial charge < -0.3 is 10.2 Å². The van der Waals surface area contributed by atoms with E-state index in [0.717, 1.165) is 36.9 Å². The van der Waals surface area contributed by atoms with E-state index < -0.39 is 9.84 Å². The molecule has 2 aliphatic heterocycles. The molecule has 0 spiro atoms. The maximum atomic E-state index is 12.4. The number of halogens is 1. The van der Waals surface area contributed by atoms with Gasteiger partial charge in [-0.05, 0) is 31.5 Å². The van der Waals surface area contributed by atoms with Gasteiger partial charge in [0.2, 0.25) is 5.91 Å². The number of hydrogen-bond acceptors (Lipinski definition) is 5. The summed E-state index contributed by atoms with van der Waals surface area (Å²) in [5.41, 5.74) is 1.10. The minimum atomic E-state index is -2.98. The Bertz CT molecular complexity index is 732. The Kier molecular flexibility index (Phi) is 5.55. The van der Waals surface area contributed by atoms with Crippen LogP contribution in [0.1, 0.15) is 13.3 Å². The molecule has 2 atom stereocenters. The minimum Gasteiger partial charge on any atom is -0.369 e. The summed E-state index contributed by atoms with van der Waals surface area (Å²) in [6, 6.07) is 7.29. The second-order valence-corrected chi connectivity index (χ2v) is 9.45. The van der Waals surface area contributed by atoms with Gasteiger partial charge in [-0.3, -0.25) is 9.69 Å². The zero-order chi connectivity index (χ0) is 18.0. The number of carbonyl (C=O) groups is 1. The molecule has 0 bridgehead atoms. The summed E-state index contributed by atoms with van der Waals surface area (Å²) in [7, 11) is -2.98. The Morgan fingerprint density at radius 1 is 1.28 bits per heavy atom. The lowest BCUT2D eigenvalue weighted by Crippen LogP contribution is -2.55. The SMILES string of the molecule is C[C@H](C(=O)N[C@@H]1CCS(=O)(=O)C1)N1CCN(c2cccc(Cl)c2)CC1. The van der Waals surface area contributed by atoms with Gasteiger partial charge in [0.25, 0.3) is 0 Å². The van der Waals surface area contributed by atoms with Gasteiger partial charge in [-0.15, -0.1) is 0 Å². The standard InChI is InChI=1S/C17H24ClN3O3S/c1-13(17(22)19-15-5-10-25(23,24)12-15)20-6-8-21(9-7-20)16-4-2-3-14(18)11-16/h2-4,11,13,15H,5-10,12H2,1H3,(H,19,22)/t13-,15-/m1/s1. The molecule has 6 nitrogen and oxygen atoms in total. The molecular formula is C17H24ClN3O3S. The molecule has 0 aliphatic carbocycles. The lowest BCUT2D eigenvalue weighted by Gasteiger charge is -2.38. The molecular weight excluding hydrogens is 362 g/mol. The molecule has 138 valence electrons. The number of hydrogen-bond donors (Lipinski definition) is 1. The molecule has 0 saturated carbocycles. The van der Waals surface area contributed by atoms with Gasteiger partial charge in [0.1, 0.15) is 0 Å². The number of carbonyl (C=O) groups excluding carboxylic acids is 1. The highest BCUT2D eigenvalue weighted by molar-refractivity contribution is 7.91. The van der Waals surface area contributed by atoms with E-state index in [1.165, 1.54) is 0 Å². The highest BCUT2D eigenvalue weighted by Crippen LogP contribution is 2.21. The molecule has 25 heavy (non-hydrogen) atoms. The molecule has 3 rings (SSSR count). The number of nitrogens with one attached hydrogen (secondary N) is 1. The fraction of sp³-hybridized carbons (Fsp3) is 0.588. The summed E-state index contributed by atoms with van der Waals surface area (Å²) in [5, 5.41) is 3.61. The maximum Gasteiger partial charge on any atom is 0.237 e. The number of sulfone groups is 1. The number of anilines is 1. The first kappa shape index (κ1) is 18.5. The van der Waals surface area contributed by atoms with E-state index in [-0.39, 0.29) is 29.5 Å². The predicted molar refractivity (Wildman–Crippen MR) is 99.9 cm³/mol. The van der Waals surface area contributed by atoms with Crippen LogP contribution in [-0.2, 0) is 14.6 Å². The normalized spacial score (nSPS) is 24.9. The van der Waals surface area contributed by atoms with Crippen LogP contribution < -0.4 is 10.2 Å². The molecule has 1 amide bonds. The Morgan fingerprint density at radius 3 is 2.60 bits per heavy atom. The Morgan fingerprint density at radius 2 is 2.00 bits per heavy atom. The molecule has 0 unspecified atom stereocenters. The van der Waals surface area contributed by atoms with Crippen molar-refractivity contribution in [1.29, 1.82) is 0 Å². The Balaban J connectivity index is 1.51. The van der Waals surface area contributed by atoms with Crippen molar-refractivity contribution in [3.63, 3.8) is 0 Å². The smallest absolute Gasteiger partial charge is 0.237 e. The van der Waals surface area contributed by atoms with Crippen LogP contribution in [-0.4, -0.2) is 69.0 Å². The first-order valence-corrected chi connectivity index (χ1v) is 10.8. The van der Waals surface area contributed by atoms with Crippen LogP contribution in [0.2, 0.25) is 5.02 Å². The zero-order valence-corrected chi connectivity index (χ0v) is 15.9. The van der Waals surface area contributed by atoms with E-state index in [1.54, 1.807) is 0 Å². The average molecular weight is 386 g/mol. The van der Waals surface area contributed by atoms with Crippen molar-refractivity contribution in [3.8, 4) is 0 Å². The summed E-state index contributed by atoms with van der Waals surface area (Å²) in [4.78, 5) is 16.8. The van der Waals surface area contributed by atoms with E-state index in [2.05, 4.69) is 15.1 Å². The molecule has 1 aromatic rings. The maximum absolute atomic E-state index is 12.4. The van der Waals surface area contributed by atoms with Crippen molar-refractivity contribution in [2.45, 2.75) is 25.4 Å². The van der Waals surface area contributed by atoms with Crippen LogP contribution in [0, 0.1) is 0 Å². The molecule has 2 saturated heterocycles. The van der Waals surface area contributed by atoms with Crippen molar-refractivity contribution in [3.05, 3.63) is 29.3 Å². The average Bonchev–Trinajstić information content (AvgIpc) is 2.93. The largest absolute Gasteiger partial charge is 0.369 e. The minimum absolute atomic E-state index is 0.0635. The third-order valence-corrected chi connectivity index (χ3v) is 7.00. The second kappa shape index (κ2) is 7.51. The lowest BCUT2D eigenvalue weighted by atomic mass is 10.1. The number of nitrogens with zero attached hydrogens (tertiary/aromatic N) is 2. The van der Waals surface area contributed by atoms with Crippen LogP contribution in [0.3, 0.4) is 0 Å². The Hall–Kier alpha value is -1.31. The van der Waals surface area contributed by atoms with Crippen molar-refractivity contribution in [2.24, 2.45) is 0 Å². The molecule has 2 fully saturated rings. The summed E-state index contributed by atoms with van der Waals surface area (Å²) in [6.07, 6.45) is 0.517. The fourth-order valence-corrected chi connectivity index (χ4v) is 5.29. The molecule has 0 aromatic heterocycles. The first-order valence-electron chi connectivity index (χ1n) is 8.59. The van der Waals surface area contributed by atoms with Gasteiger partial charge in [0, 0.05) is 42.9 Å². The van der Waals surface area contributed by atoms with E-state index in [0.29, 0.717) is 6.42 Å². The van der Waals surface area contributed by atoms with E-state index in [4.69, 9.17) is 11.6 Å². The van der Waals surface area contributed by atoms with E-state index in [1.807, 2.05) is 31.2 Å². The molecule has 1 aromatic carbocycles. The van der Waals surface area contributed by atoms with Gasteiger partial charge >= 0.3 is 0 Å². The van der Waals surface area contributed by atoms with Crippen molar-refractivity contribution >= 4 is 33.0 Å². The van der Waals surface area contributed by atoms with Crippen molar-refractivity contribution in [1.82, 2.24) is 10.2 Å². The van der Waals surface area contributed by atoms with Gasteiger partial charge in [-0.1, -0.05) is 17.7 Å². The molecule has 8 heteroatoms. The van der Waals surface area contributed by atoms with Gasteiger partial charge in [0.15, 0.2) is 9.84 Å². The summed E-state index contributed by atoms with van der Waals surface area (Å²) in [6.45, 7) is 5.10. The zero-order valence-electron chi connectivity index (χ0n) is 14.3. The molecule has 0 radical (unpaired) electrons. The van der Waals surface area contributed by atoms with Crippen LogP contribution in [0.15, 0.2) is 24.3 Å².